The Morgan fingerprint density at radius 1 is 0.970 bits per heavy atom. The van der Waals surface area contributed by atoms with Gasteiger partial charge in [0.1, 0.15) is 16.7 Å². The van der Waals surface area contributed by atoms with Crippen molar-refractivity contribution < 1.29 is 9.59 Å². The van der Waals surface area contributed by atoms with Gasteiger partial charge in [-0.2, -0.15) is 10.2 Å². The Balaban J connectivity index is 0.000000193. The lowest BCUT2D eigenvalue weighted by atomic mass is 10.2. The average Bonchev–Trinajstić information content (AvgIpc) is 3.35. The van der Waals surface area contributed by atoms with Crippen molar-refractivity contribution in [1.29, 1.82) is 0 Å². The molecule has 0 saturated carbocycles. The summed E-state index contributed by atoms with van der Waals surface area (Å²) >= 11 is 14.8. The summed E-state index contributed by atoms with van der Waals surface area (Å²) in [5, 5.41) is 11.1. The molecule has 0 atom stereocenters. The van der Waals surface area contributed by atoms with Crippen LogP contribution in [0.4, 0.5) is 0 Å². The summed E-state index contributed by atoms with van der Waals surface area (Å²) in [6.45, 7) is 3.04. The molecule has 0 unspecified atom stereocenters. The number of hydrogen-bond acceptors (Lipinski definition) is 6. The number of carbonyl (C=O) groups is 2. The number of carbonyl (C=O) groups excluding carboxylic acids is 2. The van der Waals surface area contributed by atoms with Crippen molar-refractivity contribution in [3.63, 3.8) is 0 Å². The highest BCUT2D eigenvalue weighted by atomic mass is 79.9. The number of aromatic amines is 1. The van der Waals surface area contributed by atoms with E-state index in [4.69, 9.17) is 23.2 Å². The fraction of sp³-hybridized carbons (Fsp3) is 0.182. The molecule has 4 rings (SSSR count). The monoisotopic (exact) mass is 550 g/mol. The number of H-pyrrole nitrogens is 1. The number of rotatable bonds is 5. The van der Waals surface area contributed by atoms with E-state index in [9.17, 15) is 9.59 Å². The van der Waals surface area contributed by atoms with Gasteiger partial charge in [-0.05, 0) is 54.0 Å². The SMILES string of the molecule is Brc1cccnc1.CC(=O)Cc1cn(-c2cccnc2)nc1Cl.CC(=O)Cc1cn[nH]c1Cl. The molecule has 0 amide bonds. The fourth-order valence-corrected chi connectivity index (χ4v) is 3.06. The van der Waals surface area contributed by atoms with Crippen LogP contribution >= 0.6 is 39.1 Å². The molecule has 0 fully saturated rings. The molecule has 0 aliphatic heterocycles. The normalized spacial score (nSPS) is 9.85. The van der Waals surface area contributed by atoms with Crippen LogP contribution < -0.4 is 0 Å². The first-order valence-corrected chi connectivity index (χ1v) is 11.2. The number of aromatic nitrogens is 6. The summed E-state index contributed by atoms with van der Waals surface area (Å²) in [5.74, 6) is 0.149. The maximum absolute atomic E-state index is 11.0. The Kier molecular flexibility index (Phi) is 10.9. The van der Waals surface area contributed by atoms with Crippen LogP contribution in [0.1, 0.15) is 25.0 Å². The maximum Gasteiger partial charge on any atom is 0.155 e. The van der Waals surface area contributed by atoms with Crippen molar-refractivity contribution in [3.05, 3.63) is 87.4 Å². The molecule has 172 valence electrons. The smallest absolute Gasteiger partial charge is 0.155 e. The minimum Gasteiger partial charge on any atom is -0.300 e. The number of hydrogen-bond donors (Lipinski definition) is 1. The van der Waals surface area contributed by atoms with E-state index in [-0.39, 0.29) is 11.6 Å². The zero-order chi connectivity index (χ0) is 24.2. The zero-order valence-corrected chi connectivity index (χ0v) is 21.0. The van der Waals surface area contributed by atoms with Gasteiger partial charge in [0.2, 0.25) is 0 Å². The van der Waals surface area contributed by atoms with Crippen LogP contribution in [-0.4, -0.2) is 41.5 Å². The standard InChI is InChI=1S/C11H10ClN3O.C6H7ClN2O.C5H4BrN/c1-8(16)5-9-7-15(14-11(9)12)10-3-2-4-13-6-10;1-4(10)2-5-3-8-9-6(5)7;6-5-2-1-3-7-4-5/h2-4,6-7H,5H2,1H3;3H,2H2,1H3,(H,8,9);1-4H. The van der Waals surface area contributed by atoms with Crippen LogP contribution in [0, 0.1) is 0 Å². The molecule has 4 aromatic rings. The van der Waals surface area contributed by atoms with E-state index in [0.29, 0.717) is 23.1 Å². The lowest BCUT2D eigenvalue weighted by molar-refractivity contribution is -0.117. The minimum atomic E-state index is 0.0626. The van der Waals surface area contributed by atoms with Gasteiger partial charge in [-0.1, -0.05) is 23.2 Å². The number of nitrogens with one attached hydrogen (secondary N) is 1. The van der Waals surface area contributed by atoms with Gasteiger partial charge in [-0.15, -0.1) is 0 Å². The van der Waals surface area contributed by atoms with E-state index < -0.39 is 0 Å². The summed E-state index contributed by atoms with van der Waals surface area (Å²) in [6, 6.07) is 7.50. The first kappa shape index (κ1) is 26.4. The van der Waals surface area contributed by atoms with Gasteiger partial charge in [-0.3, -0.25) is 24.7 Å². The largest absolute Gasteiger partial charge is 0.300 e. The molecule has 0 spiro atoms. The van der Waals surface area contributed by atoms with E-state index >= 15 is 0 Å². The second kappa shape index (κ2) is 13.6. The molecule has 8 nitrogen and oxygen atoms in total. The van der Waals surface area contributed by atoms with Gasteiger partial charge < -0.3 is 0 Å². The van der Waals surface area contributed by atoms with Crippen LogP contribution in [0.2, 0.25) is 10.3 Å². The van der Waals surface area contributed by atoms with Crippen LogP contribution in [0.15, 0.2) is 65.9 Å². The summed E-state index contributed by atoms with van der Waals surface area (Å²) in [5.41, 5.74) is 2.31. The molecule has 4 heterocycles. The van der Waals surface area contributed by atoms with E-state index in [2.05, 4.69) is 41.2 Å². The molecular formula is C22H21BrCl2N6O2. The molecule has 0 aliphatic carbocycles. The van der Waals surface area contributed by atoms with Gasteiger partial charge in [0.05, 0.1) is 18.1 Å². The highest BCUT2D eigenvalue weighted by Crippen LogP contribution is 2.17. The van der Waals surface area contributed by atoms with Crippen LogP contribution in [0.3, 0.4) is 0 Å². The molecule has 0 radical (unpaired) electrons. The summed E-state index contributed by atoms with van der Waals surface area (Å²) in [6.07, 6.45) is 10.8. The van der Waals surface area contributed by atoms with Gasteiger partial charge >= 0.3 is 0 Å². The fourth-order valence-electron chi connectivity index (χ4n) is 2.43. The Morgan fingerprint density at radius 3 is 2.06 bits per heavy atom. The van der Waals surface area contributed by atoms with E-state index in [1.807, 2.05) is 24.3 Å². The average molecular weight is 552 g/mol. The lowest BCUT2D eigenvalue weighted by Crippen LogP contribution is -1.96. The predicted molar refractivity (Wildman–Crippen MR) is 131 cm³/mol. The van der Waals surface area contributed by atoms with Crippen molar-refractivity contribution in [2.75, 3.05) is 0 Å². The van der Waals surface area contributed by atoms with Gasteiger partial charge in [0.25, 0.3) is 0 Å². The molecule has 4 aromatic heterocycles. The lowest BCUT2D eigenvalue weighted by Gasteiger charge is -1.97. The molecule has 33 heavy (non-hydrogen) atoms. The van der Waals surface area contributed by atoms with Crippen molar-refractivity contribution in [2.45, 2.75) is 26.7 Å². The highest BCUT2D eigenvalue weighted by molar-refractivity contribution is 9.10. The van der Waals surface area contributed by atoms with Gasteiger partial charge in [0.15, 0.2) is 5.15 Å². The molecule has 0 aliphatic rings. The Hall–Kier alpha value is -2.88. The quantitative estimate of drug-likeness (QED) is 0.370. The Bertz CT molecular complexity index is 1170. The number of ketones is 2. The van der Waals surface area contributed by atoms with Crippen molar-refractivity contribution in [2.24, 2.45) is 0 Å². The molecule has 11 heteroatoms. The third-order valence-electron chi connectivity index (χ3n) is 3.82. The molecule has 0 bridgehead atoms. The minimum absolute atomic E-state index is 0.0626. The summed E-state index contributed by atoms with van der Waals surface area (Å²) < 4.78 is 2.64. The van der Waals surface area contributed by atoms with Crippen molar-refractivity contribution in [1.82, 2.24) is 29.9 Å². The number of Topliss-reactive ketones (excluding diaryl/α,β-unsaturated/α-hetero) is 2. The summed E-state index contributed by atoms with van der Waals surface area (Å²) in [4.78, 5) is 29.4. The number of pyridine rings is 2. The topological polar surface area (TPSA) is 106 Å². The Morgan fingerprint density at radius 2 is 1.61 bits per heavy atom. The third-order valence-corrected chi connectivity index (χ3v) is 4.93. The highest BCUT2D eigenvalue weighted by Gasteiger charge is 2.09. The second-order valence-electron chi connectivity index (χ2n) is 6.74. The molecular weight excluding hydrogens is 531 g/mol. The summed E-state index contributed by atoms with van der Waals surface area (Å²) in [7, 11) is 0. The first-order chi connectivity index (χ1) is 15.8. The maximum atomic E-state index is 11.0. The second-order valence-corrected chi connectivity index (χ2v) is 8.39. The van der Waals surface area contributed by atoms with Crippen LogP contribution in [0.5, 0.6) is 0 Å². The number of halogens is 3. The first-order valence-electron chi connectivity index (χ1n) is 9.62. The number of nitrogens with zero attached hydrogens (tertiary/aromatic N) is 5. The third kappa shape index (κ3) is 9.65. The molecule has 0 saturated heterocycles. The van der Waals surface area contributed by atoms with Crippen LogP contribution in [0.25, 0.3) is 5.69 Å². The van der Waals surface area contributed by atoms with Crippen molar-refractivity contribution in [3.8, 4) is 5.69 Å². The predicted octanol–water partition coefficient (Wildman–Crippen LogP) is 5.09. The van der Waals surface area contributed by atoms with Gasteiger partial charge in [-0.25, -0.2) is 4.68 Å². The van der Waals surface area contributed by atoms with Crippen LogP contribution in [-0.2, 0) is 22.4 Å². The zero-order valence-electron chi connectivity index (χ0n) is 17.9. The van der Waals surface area contributed by atoms with E-state index in [1.165, 1.54) is 13.8 Å². The van der Waals surface area contributed by atoms with Crippen molar-refractivity contribution >= 4 is 50.7 Å². The van der Waals surface area contributed by atoms with Gasteiger partial charge in [0, 0.05) is 53.2 Å². The van der Waals surface area contributed by atoms with E-state index in [0.717, 1.165) is 21.3 Å². The molecule has 1 N–H and O–H groups in total. The molecule has 0 aromatic carbocycles. The Labute approximate surface area is 209 Å². The van der Waals surface area contributed by atoms with E-state index in [1.54, 1.807) is 41.9 Å².